The standard InChI is InChI=1S/C9H9NO/c1-6-5-7-8(10)3-2-4-9(7)11-6/h2-5H,10H2,1H3. The van der Waals surface area contributed by atoms with Crippen molar-refractivity contribution >= 4 is 16.7 Å². The molecule has 2 heteroatoms. The van der Waals surface area contributed by atoms with E-state index in [0.717, 1.165) is 22.4 Å². The van der Waals surface area contributed by atoms with E-state index in [1.54, 1.807) is 0 Å². The lowest BCUT2D eigenvalue weighted by molar-refractivity contribution is 0.578. The van der Waals surface area contributed by atoms with Crippen LogP contribution in [-0.4, -0.2) is 0 Å². The van der Waals surface area contributed by atoms with Gasteiger partial charge in [-0.3, -0.25) is 0 Å². The highest BCUT2D eigenvalue weighted by atomic mass is 16.3. The van der Waals surface area contributed by atoms with Crippen LogP contribution >= 0.6 is 0 Å². The molecule has 2 N–H and O–H groups in total. The third-order valence-corrected chi connectivity index (χ3v) is 1.72. The topological polar surface area (TPSA) is 39.2 Å². The lowest BCUT2D eigenvalue weighted by atomic mass is 10.2. The smallest absolute Gasteiger partial charge is 0.136 e. The Morgan fingerprint density at radius 3 is 2.91 bits per heavy atom. The van der Waals surface area contributed by atoms with Crippen molar-refractivity contribution < 1.29 is 4.42 Å². The molecule has 56 valence electrons. The monoisotopic (exact) mass is 147 g/mol. The number of anilines is 1. The summed E-state index contributed by atoms with van der Waals surface area (Å²) in [5.74, 6) is 0.901. The molecule has 0 aliphatic rings. The summed E-state index contributed by atoms with van der Waals surface area (Å²) in [6.07, 6.45) is 0. The third kappa shape index (κ3) is 0.871. The second kappa shape index (κ2) is 2.02. The van der Waals surface area contributed by atoms with Crippen molar-refractivity contribution in [2.75, 3.05) is 5.73 Å². The van der Waals surface area contributed by atoms with Crippen LogP contribution in [0.4, 0.5) is 5.69 Å². The number of nitrogens with two attached hydrogens (primary N) is 1. The molecule has 0 bridgehead atoms. The zero-order chi connectivity index (χ0) is 7.84. The van der Waals surface area contributed by atoms with Crippen LogP contribution in [0.5, 0.6) is 0 Å². The second-order valence-corrected chi connectivity index (χ2v) is 2.62. The van der Waals surface area contributed by atoms with Crippen LogP contribution < -0.4 is 5.73 Å². The first-order chi connectivity index (χ1) is 5.27. The minimum atomic E-state index is 0.777. The Bertz CT molecular complexity index is 389. The molecule has 0 unspecified atom stereocenters. The van der Waals surface area contributed by atoms with Gasteiger partial charge in [-0.2, -0.15) is 0 Å². The summed E-state index contributed by atoms with van der Waals surface area (Å²) in [4.78, 5) is 0. The second-order valence-electron chi connectivity index (χ2n) is 2.62. The molecule has 1 aromatic carbocycles. The van der Waals surface area contributed by atoms with Gasteiger partial charge in [0.15, 0.2) is 0 Å². The number of hydrogen-bond donors (Lipinski definition) is 1. The molecule has 2 rings (SSSR count). The minimum Gasteiger partial charge on any atom is -0.461 e. The molecule has 0 atom stereocenters. The first-order valence-electron chi connectivity index (χ1n) is 3.52. The van der Waals surface area contributed by atoms with Crippen molar-refractivity contribution in [2.24, 2.45) is 0 Å². The molecule has 2 aromatic rings. The first kappa shape index (κ1) is 6.28. The molecule has 1 heterocycles. The Labute approximate surface area is 64.6 Å². The van der Waals surface area contributed by atoms with Crippen LogP contribution in [-0.2, 0) is 0 Å². The maximum atomic E-state index is 5.71. The lowest BCUT2D eigenvalue weighted by Gasteiger charge is -1.90. The van der Waals surface area contributed by atoms with E-state index < -0.39 is 0 Å². The molecule has 0 saturated heterocycles. The number of hydrogen-bond acceptors (Lipinski definition) is 2. The zero-order valence-electron chi connectivity index (χ0n) is 6.29. The molecule has 0 spiro atoms. The van der Waals surface area contributed by atoms with Gasteiger partial charge in [0.05, 0.1) is 0 Å². The van der Waals surface area contributed by atoms with E-state index >= 15 is 0 Å². The van der Waals surface area contributed by atoms with Crippen LogP contribution in [0.3, 0.4) is 0 Å². The van der Waals surface area contributed by atoms with E-state index in [0.29, 0.717) is 0 Å². The van der Waals surface area contributed by atoms with E-state index in [1.165, 1.54) is 0 Å². The summed E-state index contributed by atoms with van der Waals surface area (Å²) in [6.45, 7) is 1.92. The highest BCUT2D eigenvalue weighted by molar-refractivity contribution is 5.89. The first-order valence-corrected chi connectivity index (χ1v) is 3.52. The summed E-state index contributed by atoms with van der Waals surface area (Å²) in [5, 5.41) is 1.00. The van der Waals surface area contributed by atoms with Gasteiger partial charge < -0.3 is 10.2 Å². The summed E-state index contributed by atoms with van der Waals surface area (Å²) >= 11 is 0. The maximum Gasteiger partial charge on any atom is 0.136 e. The normalized spacial score (nSPS) is 10.6. The van der Waals surface area contributed by atoms with Crippen LogP contribution in [0.25, 0.3) is 11.0 Å². The minimum absolute atomic E-state index is 0.777. The van der Waals surface area contributed by atoms with Gasteiger partial charge in [0.25, 0.3) is 0 Å². The molecule has 0 saturated carbocycles. The fourth-order valence-electron chi connectivity index (χ4n) is 1.21. The number of nitrogen functional groups attached to an aromatic ring is 1. The van der Waals surface area contributed by atoms with Gasteiger partial charge in [0.2, 0.25) is 0 Å². The summed E-state index contributed by atoms with van der Waals surface area (Å²) < 4.78 is 5.37. The number of fused-ring (bicyclic) bond motifs is 1. The average molecular weight is 147 g/mol. The quantitative estimate of drug-likeness (QED) is 0.581. The lowest BCUT2D eigenvalue weighted by Crippen LogP contribution is -1.82. The molecule has 0 fully saturated rings. The third-order valence-electron chi connectivity index (χ3n) is 1.72. The van der Waals surface area contributed by atoms with Crippen molar-refractivity contribution in [2.45, 2.75) is 6.92 Å². The Morgan fingerprint density at radius 1 is 1.36 bits per heavy atom. The predicted molar refractivity (Wildman–Crippen MR) is 45.4 cm³/mol. The fourth-order valence-corrected chi connectivity index (χ4v) is 1.21. The van der Waals surface area contributed by atoms with Crippen molar-refractivity contribution in [3.05, 3.63) is 30.0 Å². The molecule has 1 aromatic heterocycles. The highest BCUT2D eigenvalue weighted by Gasteiger charge is 2.00. The van der Waals surface area contributed by atoms with Gasteiger partial charge in [0, 0.05) is 11.1 Å². The predicted octanol–water partition coefficient (Wildman–Crippen LogP) is 2.32. The van der Waals surface area contributed by atoms with Crippen molar-refractivity contribution in [1.29, 1.82) is 0 Å². The molecule has 0 radical (unpaired) electrons. The summed E-state index contributed by atoms with van der Waals surface area (Å²) in [5.41, 5.74) is 7.35. The van der Waals surface area contributed by atoms with Crippen molar-refractivity contribution in [3.8, 4) is 0 Å². The maximum absolute atomic E-state index is 5.71. The van der Waals surface area contributed by atoms with Gasteiger partial charge in [0.1, 0.15) is 11.3 Å². The van der Waals surface area contributed by atoms with E-state index in [9.17, 15) is 0 Å². The number of furan rings is 1. The number of benzene rings is 1. The van der Waals surface area contributed by atoms with Crippen LogP contribution in [0.2, 0.25) is 0 Å². The van der Waals surface area contributed by atoms with Crippen LogP contribution in [0.1, 0.15) is 5.76 Å². The summed E-state index contributed by atoms with van der Waals surface area (Å²) in [7, 11) is 0. The molecular weight excluding hydrogens is 138 g/mol. The van der Waals surface area contributed by atoms with Gasteiger partial charge in [-0.25, -0.2) is 0 Å². The fraction of sp³-hybridized carbons (Fsp3) is 0.111. The Morgan fingerprint density at radius 2 is 2.18 bits per heavy atom. The van der Waals surface area contributed by atoms with Gasteiger partial charge in [-0.1, -0.05) is 6.07 Å². The molecule has 0 aliphatic carbocycles. The van der Waals surface area contributed by atoms with E-state index in [-0.39, 0.29) is 0 Å². The Balaban J connectivity index is 2.90. The highest BCUT2D eigenvalue weighted by Crippen LogP contribution is 2.23. The Hall–Kier alpha value is -1.44. The molecule has 0 aliphatic heterocycles. The van der Waals surface area contributed by atoms with Gasteiger partial charge in [-0.05, 0) is 25.1 Å². The SMILES string of the molecule is Cc1cc2c(N)cccc2o1. The summed E-state index contributed by atoms with van der Waals surface area (Å²) in [6, 6.07) is 7.63. The van der Waals surface area contributed by atoms with Gasteiger partial charge >= 0.3 is 0 Å². The van der Waals surface area contributed by atoms with Crippen molar-refractivity contribution in [1.82, 2.24) is 0 Å². The average Bonchev–Trinajstić information content (AvgIpc) is 2.31. The molecular formula is C9H9NO. The van der Waals surface area contributed by atoms with E-state index in [1.807, 2.05) is 31.2 Å². The van der Waals surface area contributed by atoms with Crippen LogP contribution in [0.15, 0.2) is 28.7 Å². The molecule has 11 heavy (non-hydrogen) atoms. The van der Waals surface area contributed by atoms with Crippen LogP contribution in [0, 0.1) is 6.92 Å². The van der Waals surface area contributed by atoms with E-state index in [4.69, 9.17) is 10.2 Å². The largest absolute Gasteiger partial charge is 0.461 e. The molecule has 2 nitrogen and oxygen atoms in total. The van der Waals surface area contributed by atoms with E-state index in [2.05, 4.69) is 0 Å². The number of rotatable bonds is 0. The van der Waals surface area contributed by atoms with Crippen molar-refractivity contribution in [3.63, 3.8) is 0 Å². The molecule has 0 amide bonds. The number of aryl methyl sites for hydroxylation is 1. The van der Waals surface area contributed by atoms with Gasteiger partial charge in [-0.15, -0.1) is 0 Å². The zero-order valence-corrected chi connectivity index (χ0v) is 6.29. The Kier molecular flexibility index (Phi) is 1.15.